The molecule has 0 spiro atoms. The third-order valence-corrected chi connectivity index (χ3v) is 4.18. The molecule has 1 aromatic rings. The minimum Gasteiger partial charge on any atom is -0.496 e. The molecule has 0 bridgehead atoms. The lowest BCUT2D eigenvalue weighted by molar-refractivity contribution is -0.143. The largest absolute Gasteiger partial charge is 0.496 e. The topological polar surface area (TPSA) is 46.5 Å². The van der Waals surface area contributed by atoms with E-state index in [4.69, 9.17) is 4.74 Å². The Kier molecular flexibility index (Phi) is 3.97. The van der Waals surface area contributed by atoms with Gasteiger partial charge in [0.25, 0.3) is 6.43 Å². The summed E-state index contributed by atoms with van der Waals surface area (Å²) in [5, 5.41) is 9.65. The number of halogens is 2. The van der Waals surface area contributed by atoms with Crippen molar-refractivity contribution in [3.63, 3.8) is 0 Å². The fourth-order valence-corrected chi connectivity index (χ4v) is 3.23. The number of carboxylic acid groups (broad SMARTS) is 1. The zero-order chi connectivity index (χ0) is 14.9. The number of hydrogen-bond acceptors (Lipinski definition) is 2. The summed E-state index contributed by atoms with van der Waals surface area (Å²) in [6.07, 6.45) is -0.184. The third-order valence-electron chi connectivity index (χ3n) is 4.18. The van der Waals surface area contributed by atoms with Crippen LogP contribution >= 0.6 is 0 Å². The molecule has 1 aromatic carbocycles. The second kappa shape index (κ2) is 5.38. The van der Waals surface area contributed by atoms with Crippen LogP contribution in [0.25, 0.3) is 0 Å². The molecule has 1 saturated carbocycles. The first-order valence-corrected chi connectivity index (χ1v) is 6.63. The number of benzene rings is 1. The molecule has 0 heterocycles. The van der Waals surface area contributed by atoms with Crippen LogP contribution in [-0.4, -0.2) is 18.2 Å². The summed E-state index contributed by atoms with van der Waals surface area (Å²) in [5.41, 5.74) is -0.223. The number of ether oxygens (including phenoxy) is 1. The van der Waals surface area contributed by atoms with E-state index in [-0.39, 0.29) is 11.3 Å². The molecule has 1 aliphatic rings. The lowest BCUT2D eigenvalue weighted by Crippen LogP contribution is -2.34. The highest BCUT2D eigenvalue weighted by molar-refractivity contribution is 5.84. The molecule has 0 aliphatic heterocycles. The van der Waals surface area contributed by atoms with Crippen LogP contribution in [0.15, 0.2) is 12.1 Å². The Morgan fingerprint density at radius 3 is 2.40 bits per heavy atom. The van der Waals surface area contributed by atoms with Gasteiger partial charge in [-0.05, 0) is 31.4 Å². The average molecular weight is 284 g/mol. The summed E-state index contributed by atoms with van der Waals surface area (Å²) in [4.78, 5) is 11.8. The summed E-state index contributed by atoms with van der Waals surface area (Å²) >= 11 is 0. The van der Waals surface area contributed by atoms with Crippen LogP contribution in [-0.2, 0) is 10.2 Å². The van der Waals surface area contributed by atoms with E-state index in [0.29, 0.717) is 24.0 Å². The number of rotatable bonds is 4. The Hall–Kier alpha value is -1.65. The van der Waals surface area contributed by atoms with Gasteiger partial charge in [-0.1, -0.05) is 18.9 Å². The molecular weight excluding hydrogens is 266 g/mol. The van der Waals surface area contributed by atoms with Crippen molar-refractivity contribution in [2.45, 2.75) is 44.4 Å². The summed E-state index contributed by atoms with van der Waals surface area (Å²) in [5.74, 6) is -0.924. The SMILES string of the molecule is COc1c(C(F)F)ccc(C)c1C1(C(=O)O)CCCC1. The fraction of sp³-hybridized carbons (Fsp3) is 0.533. The minimum atomic E-state index is -2.68. The van der Waals surface area contributed by atoms with Crippen molar-refractivity contribution < 1.29 is 23.4 Å². The fourth-order valence-electron chi connectivity index (χ4n) is 3.23. The van der Waals surface area contributed by atoms with Crippen molar-refractivity contribution in [1.82, 2.24) is 0 Å². The van der Waals surface area contributed by atoms with Crippen molar-refractivity contribution in [3.8, 4) is 5.75 Å². The number of carboxylic acids is 1. The molecule has 1 fully saturated rings. The average Bonchev–Trinajstić information content (AvgIpc) is 2.88. The predicted octanol–water partition coefficient (Wildman–Crippen LogP) is 3.84. The molecule has 0 aromatic heterocycles. The molecular formula is C15H18F2O3. The van der Waals surface area contributed by atoms with Gasteiger partial charge in [0, 0.05) is 5.56 Å². The maximum absolute atomic E-state index is 13.1. The summed E-state index contributed by atoms with van der Waals surface area (Å²) in [7, 11) is 1.31. The molecule has 2 rings (SSSR count). The zero-order valence-corrected chi connectivity index (χ0v) is 11.6. The van der Waals surface area contributed by atoms with Crippen LogP contribution in [0.2, 0.25) is 0 Å². The highest BCUT2D eigenvalue weighted by Crippen LogP contribution is 2.48. The predicted molar refractivity (Wildman–Crippen MR) is 70.5 cm³/mol. The molecule has 0 amide bonds. The molecule has 5 heteroatoms. The van der Waals surface area contributed by atoms with Gasteiger partial charge < -0.3 is 9.84 Å². The number of carbonyl (C=O) groups is 1. The quantitative estimate of drug-likeness (QED) is 0.913. The standard InChI is InChI=1S/C15H18F2O3/c1-9-5-6-10(13(16)17)12(20-2)11(9)15(14(18)19)7-3-4-8-15/h5-6,13H,3-4,7-8H2,1-2H3,(H,18,19). The Morgan fingerprint density at radius 1 is 1.35 bits per heavy atom. The van der Waals surface area contributed by atoms with Crippen LogP contribution in [0.4, 0.5) is 8.78 Å². The van der Waals surface area contributed by atoms with E-state index in [1.807, 2.05) is 0 Å². The second-order valence-corrected chi connectivity index (χ2v) is 5.27. The van der Waals surface area contributed by atoms with E-state index in [1.54, 1.807) is 13.0 Å². The molecule has 20 heavy (non-hydrogen) atoms. The summed E-state index contributed by atoms with van der Waals surface area (Å²) in [6, 6.07) is 2.87. The highest BCUT2D eigenvalue weighted by atomic mass is 19.3. The monoisotopic (exact) mass is 284 g/mol. The third kappa shape index (κ3) is 2.15. The van der Waals surface area contributed by atoms with Crippen LogP contribution in [0, 0.1) is 6.92 Å². The molecule has 0 atom stereocenters. The smallest absolute Gasteiger partial charge is 0.314 e. The summed E-state index contributed by atoms with van der Waals surface area (Å²) < 4.78 is 31.4. The molecule has 0 radical (unpaired) electrons. The van der Waals surface area contributed by atoms with Gasteiger partial charge in [-0.2, -0.15) is 0 Å². The minimum absolute atomic E-state index is 0.0318. The normalized spacial score (nSPS) is 17.4. The van der Waals surface area contributed by atoms with Gasteiger partial charge in [0.15, 0.2) is 0 Å². The Balaban J connectivity index is 2.71. The molecule has 0 saturated heterocycles. The molecule has 0 unspecified atom stereocenters. The van der Waals surface area contributed by atoms with Crippen LogP contribution in [0.3, 0.4) is 0 Å². The molecule has 110 valence electrons. The van der Waals surface area contributed by atoms with Crippen LogP contribution in [0.1, 0.15) is 48.8 Å². The Labute approximate surface area is 116 Å². The van der Waals surface area contributed by atoms with Gasteiger partial charge >= 0.3 is 5.97 Å². The van der Waals surface area contributed by atoms with E-state index in [2.05, 4.69) is 0 Å². The Morgan fingerprint density at radius 2 is 1.95 bits per heavy atom. The first-order chi connectivity index (χ1) is 9.44. The maximum atomic E-state index is 13.1. The number of methoxy groups -OCH3 is 1. The first-order valence-electron chi connectivity index (χ1n) is 6.63. The van der Waals surface area contributed by atoms with Crippen molar-refractivity contribution in [2.24, 2.45) is 0 Å². The van der Waals surface area contributed by atoms with Gasteiger partial charge in [-0.25, -0.2) is 8.78 Å². The van der Waals surface area contributed by atoms with Gasteiger partial charge in [-0.3, -0.25) is 4.79 Å². The van der Waals surface area contributed by atoms with E-state index >= 15 is 0 Å². The summed E-state index contributed by atoms with van der Waals surface area (Å²) in [6.45, 7) is 1.75. The highest BCUT2D eigenvalue weighted by Gasteiger charge is 2.46. The van der Waals surface area contributed by atoms with Crippen LogP contribution < -0.4 is 4.74 Å². The van der Waals surface area contributed by atoms with Crippen molar-refractivity contribution in [1.29, 1.82) is 0 Å². The van der Waals surface area contributed by atoms with E-state index in [9.17, 15) is 18.7 Å². The Bertz CT molecular complexity index is 520. The van der Waals surface area contributed by atoms with E-state index in [1.165, 1.54) is 13.2 Å². The van der Waals surface area contributed by atoms with Gasteiger partial charge in [-0.15, -0.1) is 0 Å². The maximum Gasteiger partial charge on any atom is 0.314 e. The number of alkyl halides is 2. The first kappa shape index (κ1) is 14.8. The lowest BCUT2D eigenvalue weighted by atomic mass is 9.75. The van der Waals surface area contributed by atoms with E-state index in [0.717, 1.165) is 12.8 Å². The lowest BCUT2D eigenvalue weighted by Gasteiger charge is -2.29. The number of aryl methyl sites for hydroxylation is 1. The van der Waals surface area contributed by atoms with E-state index < -0.39 is 17.8 Å². The molecule has 1 aliphatic carbocycles. The van der Waals surface area contributed by atoms with Crippen molar-refractivity contribution >= 4 is 5.97 Å². The number of hydrogen-bond donors (Lipinski definition) is 1. The van der Waals surface area contributed by atoms with Crippen LogP contribution in [0.5, 0.6) is 5.75 Å². The molecule has 1 N–H and O–H groups in total. The van der Waals surface area contributed by atoms with Crippen molar-refractivity contribution in [2.75, 3.05) is 7.11 Å². The van der Waals surface area contributed by atoms with Crippen molar-refractivity contribution in [3.05, 3.63) is 28.8 Å². The second-order valence-electron chi connectivity index (χ2n) is 5.27. The van der Waals surface area contributed by atoms with Gasteiger partial charge in [0.05, 0.1) is 18.1 Å². The molecule has 3 nitrogen and oxygen atoms in total. The van der Waals surface area contributed by atoms with Gasteiger partial charge in [0.1, 0.15) is 5.75 Å². The number of aliphatic carboxylic acids is 1. The van der Waals surface area contributed by atoms with Gasteiger partial charge in [0.2, 0.25) is 0 Å². The zero-order valence-electron chi connectivity index (χ0n) is 11.6.